The third kappa shape index (κ3) is 3.72. The largest absolute Gasteiger partial charge is 0.487 e. The lowest BCUT2D eigenvalue weighted by Gasteiger charge is -2.22. The molecule has 2 aromatic carbocycles. The Hall–Kier alpha value is -2.51. The second-order valence-corrected chi connectivity index (χ2v) is 8.26. The van der Waals surface area contributed by atoms with Gasteiger partial charge in [0.25, 0.3) is 0 Å². The highest BCUT2D eigenvalue weighted by atomic mass is 19.1. The Morgan fingerprint density at radius 1 is 1.14 bits per heavy atom. The Bertz CT molecular complexity index is 1010. The Kier molecular flexibility index (Phi) is 4.72. The highest BCUT2D eigenvalue weighted by Gasteiger charge is 2.42. The van der Waals surface area contributed by atoms with E-state index in [0.29, 0.717) is 18.4 Å². The second kappa shape index (κ2) is 7.39. The van der Waals surface area contributed by atoms with Crippen LogP contribution in [0.4, 0.5) is 8.78 Å². The molecule has 1 aromatic heterocycles. The molecule has 2 fully saturated rings. The first kappa shape index (κ1) is 18.5. The van der Waals surface area contributed by atoms with Gasteiger partial charge in [0, 0.05) is 31.1 Å². The SMILES string of the molecule is O[C@H](CN1C[C@H]2CC(Oc3ccc(F)cc3F)C[C@H]2C1)c1ccc2[nH]ncc2c1. The first-order valence-electron chi connectivity index (χ1n) is 10.0. The van der Waals surface area contributed by atoms with Gasteiger partial charge in [0.05, 0.1) is 23.9 Å². The minimum Gasteiger partial charge on any atom is -0.487 e. The Morgan fingerprint density at radius 3 is 2.69 bits per heavy atom. The zero-order valence-corrected chi connectivity index (χ0v) is 15.9. The van der Waals surface area contributed by atoms with Crippen molar-refractivity contribution >= 4 is 10.9 Å². The van der Waals surface area contributed by atoms with Crippen molar-refractivity contribution in [2.24, 2.45) is 11.8 Å². The monoisotopic (exact) mass is 399 g/mol. The molecule has 0 bridgehead atoms. The molecule has 3 aromatic rings. The summed E-state index contributed by atoms with van der Waals surface area (Å²) in [5.74, 6) is -0.168. The van der Waals surface area contributed by atoms with E-state index in [-0.39, 0.29) is 11.9 Å². The molecule has 0 amide bonds. The molecule has 152 valence electrons. The van der Waals surface area contributed by atoms with Crippen molar-refractivity contribution in [1.29, 1.82) is 0 Å². The van der Waals surface area contributed by atoms with E-state index in [1.54, 1.807) is 6.20 Å². The van der Waals surface area contributed by atoms with Crippen LogP contribution in [0.1, 0.15) is 24.5 Å². The van der Waals surface area contributed by atoms with Gasteiger partial charge in [0.1, 0.15) is 5.82 Å². The second-order valence-electron chi connectivity index (χ2n) is 8.26. The Labute approximate surface area is 167 Å². The number of aliphatic hydroxyl groups excluding tert-OH is 1. The van der Waals surface area contributed by atoms with E-state index >= 15 is 0 Å². The topological polar surface area (TPSA) is 61.4 Å². The van der Waals surface area contributed by atoms with Crippen LogP contribution in [0.25, 0.3) is 10.9 Å². The zero-order chi connectivity index (χ0) is 20.0. The summed E-state index contributed by atoms with van der Waals surface area (Å²) in [5.41, 5.74) is 1.85. The van der Waals surface area contributed by atoms with Gasteiger partial charge in [-0.15, -0.1) is 0 Å². The molecule has 5 nitrogen and oxygen atoms in total. The molecule has 1 aliphatic heterocycles. The van der Waals surface area contributed by atoms with Gasteiger partial charge in [-0.2, -0.15) is 5.10 Å². The first-order valence-corrected chi connectivity index (χ1v) is 10.0. The quantitative estimate of drug-likeness (QED) is 0.687. The number of hydrogen-bond acceptors (Lipinski definition) is 4. The van der Waals surface area contributed by atoms with Crippen molar-refractivity contribution in [3.63, 3.8) is 0 Å². The van der Waals surface area contributed by atoms with Crippen LogP contribution in [0.3, 0.4) is 0 Å². The maximum atomic E-state index is 13.8. The minimum absolute atomic E-state index is 0.0412. The van der Waals surface area contributed by atoms with Crippen LogP contribution in [-0.2, 0) is 0 Å². The number of nitrogens with zero attached hydrogens (tertiary/aromatic N) is 2. The van der Waals surface area contributed by atoms with E-state index in [9.17, 15) is 13.9 Å². The maximum absolute atomic E-state index is 13.8. The number of likely N-dealkylation sites (tertiary alicyclic amines) is 1. The number of aromatic nitrogens is 2. The minimum atomic E-state index is -0.651. The van der Waals surface area contributed by atoms with Crippen molar-refractivity contribution in [2.75, 3.05) is 19.6 Å². The van der Waals surface area contributed by atoms with Crippen LogP contribution < -0.4 is 4.74 Å². The van der Waals surface area contributed by atoms with Crippen LogP contribution in [-0.4, -0.2) is 45.9 Å². The van der Waals surface area contributed by atoms with Gasteiger partial charge in [-0.1, -0.05) is 6.07 Å². The van der Waals surface area contributed by atoms with Crippen LogP contribution in [0.15, 0.2) is 42.6 Å². The van der Waals surface area contributed by atoms with Gasteiger partial charge >= 0.3 is 0 Å². The summed E-state index contributed by atoms with van der Waals surface area (Å²) in [7, 11) is 0. The van der Waals surface area contributed by atoms with Gasteiger partial charge in [0.15, 0.2) is 11.6 Å². The third-order valence-electron chi connectivity index (χ3n) is 6.25. The predicted molar refractivity (Wildman–Crippen MR) is 104 cm³/mol. The lowest BCUT2D eigenvalue weighted by molar-refractivity contribution is 0.116. The average molecular weight is 399 g/mol. The number of nitrogens with one attached hydrogen (secondary N) is 1. The number of aliphatic hydroxyl groups is 1. The van der Waals surface area contributed by atoms with Crippen LogP contribution >= 0.6 is 0 Å². The predicted octanol–water partition coefficient (Wildman–Crippen LogP) is 3.66. The van der Waals surface area contributed by atoms with Crippen molar-refractivity contribution in [2.45, 2.75) is 25.0 Å². The maximum Gasteiger partial charge on any atom is 0.167 e. The third-order valence-corrected chi connectivity index (χ3v) is 6.25. The van der Waals surface area contributed by atoms with Gasteiger partial charge in [-0.25, -0.2) is 8.78 Å². The number of ether oxygens (including phenoxy) is 1. The summed E-state index contributed by atoms with van der Waals surface area (Å²) >= 11 is 0. The number of β-amino-alcohol motifs (C(OH)–C–C–N with tert-alkyl or cyclic N) is 1. The van der Waals surface area contributed by atoms with Crippen molar-refractivity contribution in [1.82, 2.24) is 15.1 Å². The molecule has 0 spiro atoms. The summed E-state index contributed by atoms with van der Waals surface area (Å²) in [6.07, 6.45) is 2.88. The lowest BCUT2D eigenvalue weighted by Crippen LogP contribution is -2.29. The van der Waals surface area contributed by atoms with Crippen LogP contribution in [0, 0.1) is 23.5 Å². The van der Waals surface area contributed by atoms with E-state index < -0.39 is 17.7 Å². The highest BCUT2D eigenvalue weighted by molar-refractivity contribution is 5.78. The molecule has 1 saturated heterocycles. The first-order chi connectivity index (χ1) is 14.0. The molecule has 2 N–H and O–H groups in total. The molecule has 1 unspecified atom stereocenters. The fourth-order valence-electron chi connectivity index (χ4n) is 4.86. The molecule has 0 radical (unpaired) electrons. The molecular formula is C22H23F2N3O2. The van der Waals surface area contributed by atoms with Crippen molar-refractivity contribution < 1.29 is 18.6 Å². The summed E-state index contributed by atoms with van der Waals surface area (Å²) in [4.78, 5) is 2.30. The van der Waals surface area contributed by atoms with E-state index in [4.69, 9.17) is 4.74 Å². The fraction of sp³-hybridized carbons (Fsp3) is 0.409. The molecule has 2 heterocycles. The number of H-pyrrole nitrogens is 1. The number of aromatic amines is 1. The van der Waals surface area contributed by atoms with E-state index in [1.807, 2.05) is 18.2 Å². The van der Waals surface area contributed by atoms with Crippen molar-refractivity contribution in [3.8, 4) is 5.75 Å². The Morgan fingerprint density at radius 2 is 1.93 bits per heavy atom. The summed E-state index contributed by atoms with van der Waals surface area (Å²) in [5, 5.41) is 18.6. The standard InChI is InChI=1S/C22H23F2N3O2/c23-17-2-4-22(19(24)8-17)29-18-6-15-10-27(11-16(15)7-18)12-21(28)13-1-3-20-14(5-13)9-25-26-20/h1-5,8-9,15-16,18,21,28H,6-7,10-12H2,(H,25,26)/t15-,16+,18?,21-/m1/s1. The molecule has 29 heavy (non-hydrogen) atoms. The molecule has 7 heteroatoms. The summed E-state index contributed by atoms with van der Waals surface area (Å²) in [6.45, 7) is 2.40. The van der Waals surface area contributed by atoms with E-state index in [2.05, 4.69) is 15.1 Å². The van der Waals surface area contributed by atoms with Gasteiger partial charge < -0.3 is 9.84 Å². The van der Waals surface area contributed by atoms with Crippen molar-refractivity contribution in [3.05, 3.63) is 59.8 Å². The average Bonchev–Trinajstić information content (AvgIpc) is 3.38. The molecule has 1 aliphatic carbocycles. The van der Waals surface area contributed by atoms with Gasteiger partial charge in [0.2, 0.25) is 0 Å². The summed E-state index contributed by atoms with van der Waals surface area (Å²) < 4.78 is 32.7. The zero-order valence-electron chi connectivity index (χ0n) is 15.9. The molecular weight excluding hydrogens is 376 g/mol. The molecule has 1 saturated carbocycles. The molecule has 4 atom stereocenters. The number of fused-ring (bicyclic) bond motifs is 2. The number of halogens is 2. The normalized spacial score (nSPS) is 25.4. The smallest absolute Gasteiger partial charge is 0.167 e. The van der Waals surface area contributed by atoms with E-state index in [1.165, 1.54) is 12.1 Å². The van der Waals surface area contributed by atoms with Crippen LogP contribution in [0.5, 0.6) is 5.75 Å². The number of hydrogen-bond donors (Lipinski definition) is 2. The molecule has 2 aliphatic rings. The van der Waals surface area contributed by atoms with Gasteiger partial charge in [-0.05, 0) is 54.5 Å². The fourth-order valence-corrected chi connectivity index (χ4v) is 4.86. The van der Waals surface area contributed by atoms with Crippen LogP contribution in [0.2, 0.25) is 0 Å². The number of rotatable bonds is 5. The lowest BCUT2D eigenvalue weighted by atomic mass is 10.0. The Balaban J connectivity index is 1.16. The summed E-state index contributed by atoms with van der Waals surface area (Å²) in [6, 6.07) is 9.28. The highest BCUT2D eigenvalue weighted by Crippen LogP contribution is 2.40. The molecule has 5 rings (SSSR count). The number of benzene rings is 2. The van der Waals surface area contributed by atoms with Gasteiger partial charge in [-0.3, -0.25) is 10.00 Å². The van der Waals surface area contributed by atoms with E-state index in [0.717, 1.165) is 48.5 Å².